The zero-order valence-corrected chi connectivity index (χ0v) is 9.40. The number of hydrogen-bond acceptors (Lipinski definition) is 2. The summed E-state index contributed by atoms with van der Waals surface area (Å²) in [4.78, 5) is 0. The lowest BCUT2D eigenvalue weighted by Crippen LogP contribution is -2.03. The fraction of sp³-hybridized carbons (Fsp3) is 0.143. The highest BCUT2D eigenvalue weighted by Crippen LogP contribution is 2.20. The van der Waals surface area contributed by atoms with Crippen LogP contribution in [0.3, 0.4) is 0 Å². The lowest BCUT2D eigenvalue weighted by Gasteiger charge is -2.10. The number of ether oxygens (including phenoxy) is 1. The standard InChI is InChI=1S/C14H14FNO/c15-13-7-6-12(9-16)14(8-13)17-10-11-4-2-1-3-5-11/h1-8H,9-10,16H2. The first-order chi connectivity index (χ1) is 8.29. The van der Waals surface area contributed by atoms with Gasteiger partial charge in [0, 0.05) is 18.2 Å². The monoisotopic (exact) mass is 231 g/mol. The van der Waals surface area contributed by atoms with Gasteiger partial charge in [-0.15, -0.1) is 0 Å². The van der Waals surface area contributed by atoms with Gasteiger partial charge in [0.2, 0.25) is 0 Å². The average molecular weight is 231 g/mol. The van der Waals surface area contributed by atoms with E-state index in [4.69, 9.17) is 10.5 Å². The Morgan fingerprint density at radius 1 is 1.06 bits per heavy atom. The van der Waals surface area contributed by atoms with Gasteiger partial charge in [-0.25, -0.2) is 4.39 Å². The lowest BCUT2D eigenvalue weighted by atomic mass is 10.2. The molecule has 0 aliphatic heterocycles. The molecule has 2 N–H and O–H groups in total. The molecule has 2 aromatic carbocycles. The summed E-state index contributed by atoms with van der Waals surface area (Å²) in [6, 6.07) is 14.1. The Bertz CT molecular complexity index is 485. The van der Waals surface area contributed by atoms with Crippen molar-refractivity contribution in [1.82, 2.24) is 0 Å². The molecule has 0 heterocycles. The van der Waals surface area contributed by atoms with E-state index in [-0.39, 0.29) is 5.82 Å². The number of rotatable bonds is 4. The molecule has 0 radical (unpaired) electrons. The van der Waals surface area contributed by atoms with Crippen LogP contribution < -0.4 is 10.5 Å². The number of benzene rings is 2. The maximum Gasteiger partial charge on any atom is 0.127 e. The van der Waals surface area contributed by atoms with Crippen LogP contribution in [0, 0.1) is 5.82 Å². The van der Waals surface area contributed by atoms with Gasteiger partial charge in [0.15, 0.2) is 0 Å². The Balaban J connectivity index is 2.11. The largest absolute Gasteiger partial charge is 0.488 e. The van der Waals surface area contributed by atoms with Crippen molar-refractivity contribution in [2.24, 2.45) is 5.73 Å². The molecule has 2 aromatic rings. The van der Waals surface area contributed by atoms with E-state index in [9.17, 15) is 4.39 Å². The zero-order valence-electron chi connectivity index (χ0n) is 9.40. The minimum atomic E-state index is -0.315. The normalized spacial score (nSPS) is 10.2. The Morgan fingerprint density at radius 2 is 1.82 bits per heavy atom. The molecule has 0 amide bonds. The molecule has 17 heavy (non-hydrogen) atoms. The van der Waals surface area contributed by atoms with E-state index < -0.39 is 0 Å². The molecular weight excluding hydrogens is 217 g/mol. The van der Waals surface area contributed by atoms with Crippen molar-refractivity contribution in [3.63, 3.8) is 0 Å². The van der Waals surface area contributed by atoms with E-state index in [0.29, 0.717) is 18.9 Å². The summed E-state index contributed by atoms with van der Waals surface area (Å²) >= 11 is 0. The van der Waals surface area contributed by atoms with Crippen LogP contribution in [-0.2, 0) is 13.2 Å². The summed E-state index contributed by atoms with van der Waals surface area (Å²) in [6.45, 7) is 0.752. The molecular formula is C14H14FNO. The molecule has 0 aliphatic rings. The molecule has 0 spiro atoms. The van der Waals surface area contributed by atoms with Gasteiger partial charge in [-0.05, 0) is 11.6 Å². The van der Waals surface area contributed by atoms with E-state index in [1.54, 1.807) is 6.07 Å². The van der Waals surface area contributed by atoms with Crippen molar-refractivity contribution in [2.75, 3.05) is 0 Å². The number of halogens is 1. The molecule has 2 rings (SSSR count). The summed E-state index contributed by atoms with van der Waals surface area (Å²) in [6.07, 6.45) is 0. The minimum absolute atomic E-state index is 0.315. The van der Waals surface area contributed by atoms with Crippen molar-refractivity contribution >= 4 is 0 Å². The van der Waals surface area contributed by atoms with E-state index >= 15 is 0 Å². The maximum absolute atomic E-state index is 13.1. The molecule has 88 valence electrons. The Hall–Kier alpha value is -1.87. The molecule has 0 unspecified atom stereocenters. The van der Waals surface area contributed by atoms with Crippen LogP contribution in [0.15, 0.2) is 48.5 Å². The second-order valence-corrected chi connectivity index (χ2v) is 3.73. The SMILES string of the molecule is NCc1ccc(F)cc1OCc1ccccc1. The third-order valence-electron chi connectivity index (χ3n) is 2.49. The van der Waals surface area contributed by atoms with Gasteiger partial charge in [0.25, 0.3) is 0 Å². The van der Waals surface area contributed by atoms with E-state index in [1.165, 1.54) is 12.1 Å². The molecule has 0 bridgehead atoms. The predicted molar refractivity (Wildman–Crippen MR) is 65.1 cm³/mol. The quantitative estimate of drug-likeness (QED) is 0.878. The van der Waals surface area contributed by atoms with Gasteiger partial charge >= 0.3 is 0 Å². The molecule has 0 atom stereocenters. The average Bonchev–Trinajstić information content (AvgIpc) is 2.38. The second-order valence-electron chi connectivity index (χ2n) is 3.73. The molecule has 0 saturated heterocycles. The van der Waals surface area contributed by atoms with Crippen LogP contribution in [0.25, 0.3) is 0 Å². The van der Waals surface area contributed by atoms with Crippen LogP contribution in [0.5, 0.6) is 5.75 Å². The first-order valence-electron chi connectivity index (χ1n) is 5.45. The molecule has 0 aliphatic carbocycles. The van der Waals surface area contributed by atoms with Crippen molar-refractivity contribution in [3.05, 3.63) is 65.5 Å². The zero-order chi connectivity index (χ0) is 12.1. The van der Waals surface area contributed by atoms with Gasteiger partial charge in [0.1, 0.15) is 18.2 Å². The molecule has 0 saturated carbocycles. The Morgan fingerprint density at radius 3 is 2.53 bits per heavy atom. The minimum Gasteiger partial charge on any atom is -0.488 e. The molecule has 2 nitrogen and oxygen atoms in total. The Labute approximate surface area is 99.8 Å². The van der Waals surface area contributed by atoms with E-state index in [1.807, 2.05) is 30.3 Å². The highest BCUT2D eigenvalue weighted by atomic mass is 19.1. The first-order valence-corrected chi connectivity index (χ1v) is 5.45. The first kappa shape index (κ1) is 11.6. The van der Waals surface area contributed by atoms with Gasteiger partial charge in [-0.2, -0.15) is 0 Å². The summed E-state index contributed by atoms with van der Waals surface area (Å²) in [7, 11) is 0. The summed E-state index contributed by atoms with van der Waals surface area (Å²) < 4.78 is 18.7. The predicted octanol–water partition coefficient (Wildman–Crippen LogP) is 2.86. The third-order valence-corrected chi connectivity index (χ3v) is 2.49. The van der Waals surface area contributed by atoms with Crippen LogP contribution in [0.2, 0.25) is 0 Å². The van der Waals surface area contributed by atoms with Gasteiger partial charge in [0.05, 0.1) is 0 Å². The molecule has 3 heteroatoms. The van der Waals surface area contributed by atoms with Crippen molar-refractivity contribution in [1.29, 1.82) is 0 Å². The smallest absolute Gasteiger partial charge is 0.127 e. The number of hydrogen-bond donors (Lipinski definition) is 1. The highest BCUT2D eigenvalue weighted by Gasteiger charge is 2.04. The topological polar surface area (TPSA) is 35.2 Å². The van der Waals surface area contributed by atoms with Gasteiger partial charge in [-0.3, -0.25) is 0 Å². The van der Waals surface area contributed by atoms with Crippen LogP contribution in [0.4, 0.5) is 4.39 Å². The fourth-order valence-electron chi connectivity index (χ4n) is 1.57. The fourth-order valence-corrected chi connectivity index (χ4v) is 1.57. The second kappa shape index (κ2) is 5.46. The van der Waals surface area contributed by atoms with Crippen LogP contribution in [-0.4, -0.2) is 0 Å². The van der Waals surface area contributed by atoms with Crippen molar-refractivity contribution in [3.8, 4) is 5.75 Å². The summed E-state index contributed by atoms with van der Waals surface area (Å²) in [5.41, 5.74) is 7.42. The van der Waals surface area contributed by atoms with E-state index in [0.717, 1.165) is 11.1 Å². The van der Waals surface area contributed by atoms with E-state index in [2.05, 4.69) is 0 Å². The number of nitrogens with two attached hydrogens (primary N) is 1. The summed E-state index contributed by atoms with van der Waals surface area (Å²) in [5, 5.41) is 0. The Kier molecular flexibility index (Phi) is 3.73. The lowest BCUT2D eigenvalue weighted by molar-refractivity contribution is 0.301. The van der Waals surface area contributed by atoms with Crippen molar-refractivity contribution < 1.29 is 9.13 Å². The summed E-state index contributed by atoms with van der Waals surface area (Å²) in [5.74, 6) is 0.196. The third kappa shape index (κ3) is 3.04. The van der Waals surface area contributed by atoms with Crippen molar-refractivity contribution in [2.45, 2.75) is 13.2 Å². The molecule has 0 fully saturated rings. The van der Waals surface area contributed by atoms with Gasteiger partial charge < -0.3 is 10.5 Å². The van der Waals surface area contributed by atoms with Gasteiger partial charge in [-0.1, -0.05) is 36.4 Å². The van der Waals surface area contributed by atoms with Crippen LogP contribution >= 0.6 is 0 Å². The molecule has 0 aromatic heterocycles. The van der Waals surface area contributed by atoms with Crippen LogP contribution in [0.1, 0.15) is 11.1 Å². The maximum atomic E-state index is 13.1. The highest BCUT2D eigenvalue weighted by molar-refractivity contribution is 5.34.